The lowest BCUT2D eigenvalue weighted by Crippen LogP contribution is -2.56. The molecule has 0 saturated carbocycles. The Bertz CT molecular complexity index is 1690. The molecule has 296 valence electrons. The van der Waals surface area contributed by atoms with Crippen molar-refractivity contribution < 1.29 is 38.6 Å². The molecule has 13 heteroatoms. The van der Waals surface area contributed by atoms with Crippen LogP contribution >= 0.6 is 0 Å². The van der Waals surface area contributed by atoms with E-state index in [0.29, 0.717) is 25.9 Å². The highest BCUT2D eigenvalue weighted by Gasteiger charge is 2.36. The highest BCUT2D eigenvalue weighted by atomic mass is 16.6. The molecule has 5 N–H and O–H groups in total. The number of amides is 5. The fraction of sp³-hybridized carbons (Fsp3) is 0.452. The van der Waals surface area contributed by atoms with E-state index in [2.05, 4.69) is 10.6 Å². The number of likely N-dealkylation sites (tertiary alicyclic amines) is 1. The SMILES string of the molecule is CC(OC(=O)NC(Cc1ccccc1)C(O)CC(Cc1ccccc1)C(=O)NC(C(=O)N1CCC(N(C)C(=O)OCc2ccccc2)CC1)C(C)C)C(N)=O. The van der Waals surface area contributed by atoms with Crippen molar-refractivity contribution in [3.63, 3.8) is 0 Å². The zero-order chi connectivity index (χ0) is 39.9. The second-order valence-electron chi connectivity index (χ2n) is 14.5. The largest absolute Gasteiger partial charge is 0.445 e. The Morgan fingerprint density at radius 2 is 1.35 bits per heavy atom. The van der Waals surface area contributed by atoms with Crippen molar-refractivity contribution in [3.05, 3.63) is 108 Å². The Kier molecular flexibility index (Phi) is 16.1. The number of aliphatic hydroxyl groups excluding tert-OH is 1. The Hall–Kier alpha value is -5.43. The van der Waals surface area contributed by atoms with Crippen LogP contribution in [0.1, 0.15) is 56.7 Å². The molecule has 3 aromatic carbocycles. The van der Waals surface area contributed by atoms with E-state index in [0.717, 1.165) is 16.7 Å². The van der Waals surface area contributed by atoms with Crippen molar-refractivity contribution in [2.24, 2.45) is 17.6 Å². The van der Waals surface area contributed by atoms with E-state index in [-0.39, 0.29) is 43.7 Å². The Morgan fingerprint density at radius 1 is 0.818 bits per heavy atom. The third-order valence-electron chi connectivity index (χ3n) is 10.0. The summed E-state index contributed by atoms with van der Waals surface area (Å²) in [6.07, 6.45) is -2.23. The minimum Gasteiger partial charge on any atom is -0.445 e. The van der Waals surface area contributed by atoms with Gasteiger partial charge in [0.2, 0.25) is 11.8 Å². The van der Waals surface area contributed by atoms with Crippen LogP contribution < -0.4 is 16.4 Å². The first-order valence-electron chi connectivity index (χ1n) is 18.9. The monoisotopic (exact) mass is 757 g/mol. The van der Waals surface area contributed by atoms with Gasteiger partial charge >= 0.3 is 12.2 Å². The summed E-state index contributed by atoms with van der Waals surface area (Å²) in [5.41, 5.74) is 7.85. The summed E-state index contributed by atoms with van der Waals surface area (Å²) in [4.78, 5) is 68.6. The van der Waals surface area contributed by atoms with Gasteiger partial charge in [0.25, 0.3) is 5.91 Å². The van der Waals surface area contributed by atoms with Gasteiger partial charge in [-0.1, -0.05) is 105 Å². The van der Waals surface area contributed by atoms with Gasteiger partial charge in [0.05, 0.1) is 12.1 Å². The zero-order valence-corrected chi connectivity index (χ0v) is 32.1. The predicted octanol–water partition coefficient (Wildman–Crippen LogP) is 4.21. The fourth-order valence-electron chi connectivity index (χ4n) is 6.62. The minimum absolute atomic E-state index is 0.0546. The summed E-state index contributed by atoms with van der Waals surface area (Å²) in [5, 5.41) is 17.3. The van der Waals surface area contributed by atoms with E-state index in [1.807, 2.05) is 105 Å². The van der Waals surface area contributed by atoms with Crippen LogP contribution in [0.3, 0.4) is 0 Å². The average molecular weight is 758 g/mol. The summed E-state index contributed by atoms with van der Waals surface area (Å²) in [7, 11) is 1.71. The second kappa shape index (κ2) is 20.9. The van der Waals surface area contributed by atoms with Crippen LogP contribution in [0.25, 0.3) is 0 Å². The molecule has 0 spiro atoms. The number of aliphatic hydroxyl groups is 1. The van der Waals surface area contributed by atoms with Crippen LogP contribution in [0.4, 0.5) is 9.59 Å². The van der Waals surface area contributed by atoms with E-state index in [1.54, 1.807) is 16.8 Å². The molecule has 5 atom stereocenters. The lowest BCUT2D eigenvalue weighted by atomic mass is 9.88. The lowest BCUT2D eigenvalue weighted by molar-refractivity contribution is -0.140. The second-order valence-corrected chi connectivity index (χ2v) is 14.5. The molecular formula is C42H55N5O8. The molecule has 1 saturated heterocycles. The molecule has 5 unspecified atom stereocenters. The topological polar surface area (TPSA) is 181 Å². The number of alkyl carbamates (subject to hydrolysis) is 1. The molecule has 0 radical (unpaired) electrons. The van der Waals surface area contributed by atoms with Gasteiger partial charge in [-0.3, -0.25) is 14.4 Å². The summed E-state index contributed by atoms with van der Waals surface area (Å²) >= 11 is 0. The number of nitrogens with zero attached hydrogens (tertiary/aromatic N) is 2. The first-order valence-corrected chi connectivity index (χ1v) is 18.9. The summed E-state index contributed by atoms with van der Waals surface area (Å²) in [6.45, 7) is 6.07. The Morgan fingerprint density at radius 3 is 1.87 bits per heavy atom. The van der Waals surface area contributed by atoms with Crippen molar-refractivity contribution in [2.75, 3.05) is 20.1 Å². The molecule has 5 amide bonds. The molecular weight excluding hydrogens is 702 g/mol. The Labute approximate surface area is 323 Å². The average Bonchev–Trinajstić information content (AvgIpc) is 3.18. The van der Waals surface area contributed by atoms with Gasteiger partial charge in [-0.25, -0.2) is 9.59 Å². The maximum absolute atomic E-state index is 14.2. The van der Waals surface area contributed by atoms with Crippen LogP contribution in [0.15, 0.2) is 91.0 Å². The summed E-state index contributed by atoms with van der Waals surface area (Å²) in [5.74, 6) is -2.48. The van der Waals surface area contributed by atoms with E-state index >= 15 is 0 Å². The standard InChI is InChI=1S/C42H55N5O8/c1-28(2)37(40(51)47-22-20-34(21-23-47)46(4)42(53)54-27-32-18-12-7-13-19-32)45-39(50)33(24-30-14-8-5-9-15-30)26-36(48)35(25-31-16-10-6-11-17-31)44-41(52)55-29(3)38(43)49/h5-19,28-29,33-37,48H,20-27H2,1-4H3,(H2,43,49)(H,44,52)(H,45,50). The van der Waals surface area contributed by atoms with Crippen molar-refractivity contribution >= 4 is 29.9 Å². The molecule has 1 aliphatic heterocycles. The van der Waals surface area contributed by atoms with Crippen LogP contribution in [0.5, 0.6) is 0 Å². The highest BCUT2D eigenvalue weighted by Crippen LogP contribution is 2.22. The fourth-order valence-corrected chi connectivity index (χ4v) is 6.62. The molecule has 1 heterocycles. The number of nitrogens with two attached hydrogens (primary N) is 1. The van der Waals surface area contributed by atoms with Gasteiger partial charge in [-0.05, 0) is 61.6 Å². The van der Waals surface area contributed by atoms with Crippen molar-refractivity contribution in [1.82, 2.24) is 20.4 Å². The lowest BCUT2D eigenvalue weighted by Gasteiger charge is -2.38. The molecule has 4 rings (SSSR count). The van der Waals surface area contributed by atoms with Gasteiger partial charge in [-0.15, -0.1) is 0 Å². The van der Waals surface area contributed by atoms with Gasteiger partial charge < -0.3 is 40.7 Å². The van der Waals surface area contributed by atoms with Crippen LogP contribution in [0, 0.1) is 11.8 Å². The van der Waals surface area contributed by atoms with Crippen molar-refractivity contribution in [3.8, 4) is 0 Å². The van der Waals surface area contributed by atoms with Crippen LogP contribution in [-0.2, 0) is 43.3 Å². The van der Waals surface area contributed by atoms with E-state index < -0.39 is 54.2 Å². The number of benzene rings is 3. The summed E-state index contributed by atoms with van der Waals surface area (Å²) in [6, 6.07) is 26.2. The highest BCUT2D eigenvalue weighted by molar-refractivity contribution is 5.89. The molecule has 0 aliphatic carbocycles. The number of hydrogen-bond donors (Lipinski definition) is 4. The first-order chi connectivity index (χ1) is 26.3. The predicted molar refractivity (Wildman–Crippen MR) is 207 cm³/mol. The van der Waals surface area contributed by atoms with E-state index in [1.165, 1.54) is 6.92 Å². The first kappa shape index (κ1) is 42.3. The molecule has 1 aliphatic rings. The maximum Gasteiger partial charge on any atom is 0.410 e. The van der Waals surface area contributed by atoms with E-state index in [4.69, 9.17) is 15.2 Å². The molecule has 55 heavy (non-hydrogen) atoms. The van der Waals surface area contributed by atoms with Gasteiger partial charge in [-0.2, -0.15) is 0 Å². The maximum atomic E-state index is 14.2. The third kappa shape index (κ3) is 13.1. The Balaban J connectivity index is 1.43. The quantitative estimate of drug-likeness (QED) is 0.158. The molecule has 1 fully saturated rings. The number of ether oxygens (including phenoxy) is 2. The van der Waals surface area contributed by atoms with Crippen LogP contribution in [-0.4, -0.2) is 95.3 Å². The minimum atomic E-state index is -1.22. The number of rotatable bonds is 17. The smallest absolute Gasteiger partial charge is 0.410 e. The number of primary amides is 1. The number of hydrogen-bond acceptors (Lipinski definition) is 8. The zero-order valence-electron chi connectivity index (χ0n) is 32.1. The number of carbonyl (C=O) groups excluding carboxylic acids is 5. The summed E-state index contributed by atoms with van der Waals surface area (Å²) < 4.78 is 10.6. The molecule has 3 aromatic rings. The normalized spacial score (nSPS) is 15.9. The van der Waals surface area contributed by atoms with Gasteiger partial charge in [0.1, 0.15) is 12.6 Å². The number of nitrogens with one attached hydrogen (secondary N) is 2. The van der Waals surface area contributed by atoms with Gasteiger partial charge in [0.15, 0.2) is 6.10 Å². The number of carbonyl (C=O) groups is 5. The van der Waals surface area contributed by atoms with E-state index in [9.17, 15) is 29.1 Å². The van der Waals surface area contributed by atoms with Gasteiger partial charge in [0, 0.05) is 32.1 Å². The number of piperidine rings is 1. The molecule has 13 nitrogen and oxygen atoms in total. The van der Waals surface area contributed by atoms with Crippen molar-refractivity contribution in [1.29, 1.82) is 0 Å². The van der Waals surface area contributed by atoms with Crippen LogP contribution in [0.2, 0.25) is 0 Å². The van der Waals surface area contributed by atoms with Crippen molar-refractivity contribution in [2.45, 2.75) is 89.8 Å². The molecule has 0 aromatic heterocycles. The molecule has 0 bridgehead atoms. The third-order valence-corrected chi connectivity index (χ3v) is 10.0.